The van der Waals surface area contributed by atoms with Gasteiger partial charge in [0.1, 0.15) is 5.75 Å². The molecule has 1 rings (SSSR count). The highest BCUT2D eigenvalue weighted by Crippen LogP contribution is 2.14. The van der Waals surface area contributed by atoms with Crippen LogP contribution in [0.2, 0.25) is 0 Å². The summed E-state index contributed by atoms with van der Waals surface area (Å²) in [6, 6.07) is 7.15. The maximum atomic E-state index is 8.48. The van der Waals surface area contributed by atoms with Gasteiger partial charge in [0, 0.05) is 5.56 Å². The van der Waals surface area contributed by atoms with E-state index in [9.17, 15) is 0 Å². The predicted octanol–water partition coefficient (Wildman–Crippen LogP) is 3.63. The van der Waals surface area contributed by atoms with Crippen molar-refractivity contribution in [3.63, 3.8) is 0 Å². The van der Waals surface area contributed by atoms with E-state index >= 15 is 0 Å². The fraction of sp³-hybridized carbons (Fsp3) is 0.417. The molecular formula is C12H16ClNO2. The summed E-state index contributed by atoms with van der Waals surface area (Å²) in [5.74, 6) is 0.808. The van der Waals surface area contributed by atoms with Crippen molar-refractivity contribution >= 4 is 16.8 Å². The number of unbranched alkanes of at least 4 members (excludes halogenated alkanes) is 2. The Balaban J connectivity index is 2.45. The van der Waals surface area contributed by atoms with Gasteiger partial charge in [-0.3, -0.25) is 0 Å². The molecule has 0 radical (unpaired) electrons. The minimum absolute atomic E-state index is 0.0810. The molecule has 0 fully saturated rings. The summed E-state index contributed by atoms with van der Waals surface area (Å²) in [5.41, 5.74) is 0.671. The van der Waals surface area contributed by atoms with Crippen LogP contribution in [0.1, 0.15) is 31.7 Å². The van der Waals surface area contributed by atoms with Gasteiger partial charge in [-0.25, -0.2) is 0 Å². The van der Waals surface area contributed by atoms with E-state index in [1.54, 1.807) is 12.1 Å². The summed E-state index contributed by atoms with van der Waals surface area (Å²) in [5, 5.41) is 11.5. The lowest BCUT2D eigenvalue weighted by Gasteiger charge is -2.05. The fourth-order valence-electron chi connectivity index (χ4n) is 1.29. The molecule has 3 nitrogen and oxygen atoms in total. The van der Waals surface area contributed by atoms with Crippen LogP contribution in [0.25, 0.3) is 0 Å². The number of benzene rings is 1. The van der Waals surface area contributed by atoms with Crippen LogP contribution in [0.3, 0.4) is 0 Å². The first-order chi connectivity index (χ1) is 7.77. The van der Waals surface area contributed by atoms with Crippen molar-refractivity contribution < 1.29 is 9.94 Å². The van der Waals surface area contributed by atoms with Gasteiger partial charge in [-0.1, -0.05) is 36.5 Å². The van der Waals surface area contributed by atoms with Crippen LogP contribution < -0.4 is 4.74 Å². The minimum Gasteiger partial charge on any atom is -0.494 e. The first-order valence-electron chi connectivity index (χ1n) is 5.38. The van der Waals surface area contributed by atoms with Gasteiger partial charge in [0.2, 0.25) is 0 Å². The second-order valence-electron chi connectivity index (χ2n) is 3.47. The Bertz CT molecular complexity index is 335. The number of hydrogen-bond acceptors (Lipinski definition) is 3. The van der Waals surface area contributed by atoms with Gasteiger partial charge in [0.05, 0.1) is 6.61 Å². The largest absolute Gasteiger partial charge is 0.494 e. The second-order valence-corrected chi connectivity index (χ2v) is 3.83. The van der Waals surface area contributed by atoms with Crippen LogP contribution in [0, 0.1) is 0 Å². The Hall–Kier alpha value is -1.22. The Kier molecular flexibility index (Phi) is 5.72. The molecule has 88 valence electrons. The van der Waals surface area contributed by atoms with Crippen LogP contribution in [0.15, 0.2) is 29.4 Å². The van der Waals surface area contributed by atoms with Crippen LogP contribution in [-0.4, -0.2) is 17.0 Å². The van der Waals surface area contributed by atoms with Crippen molar-refractivity contribution in [2.75, 3.05) is 6.61 Å². The zero-order chi connectivity index (χ0) is 11.8. The van der Waals surface area contributed by atoms with E-state index in [1.165, 1.54) is 12.8 Å². The molecule has 0 unspecified atom stereocenters. The van der Waals surface area contributed by atoms with Crippen molar-refractivity contribution in [2.24, 2.45) is 5.16 Å². The molecule has 0 amide bonds. The molecule has 0 aliphatic carbocycles. The quantitative estimate of drug-likeness (QED) is 0.358. The van der Waals surface area contributed by atoms with Crippen LogP contribution in [0.5, 0.6) is 5.75 Å². The van der Waals surface area contributed by atoms with E-state index < -0.39 is 0 Å². The molecule has 0 saturated heterocycles. The van der Waals surface area contributed by atoms with E-state index in [1.807, 2.05) is 12.1 Å². The molecular weight excluding hydrogens is 226 g/mol. The van der Waals surface area contributed by atoms with Gasteiger partial charge >= 0.3 is 0 Å². The molecule has 1 aromatic rings. The third-order valence-electron chi connectivity index (χ3n) is 2.20. The lowest BCUT2D eigenvalue weighted by molar-refractivity contribution is 0.306. The first-order valence-corrected chi connectivity index (χ1v) is 5.76. The summed E-state index contributed by atoms with van der Waals surface area (Å²) in [6.45, 7) is 2.89. The number of ether oxygens (including phenoxy) is 1. The molecule has 0 saturated carbocycles. The average Bonchev–Trinajstić information content (AvgIpc) is 2.34. The van der Waals surface area contributed by atoms with E-state index in [4.69, 9.17) is 21.5 Å². The third-order valence-corrected chi connectivity index (χ3v) is 2.49. The molecule has 0 aliphatic heterocycles. The first kappa shape index (κ1) is 12.8. The Morgan fingerprint density at radius 3 is 2.56 bits per heavy atom. The maximum absolute atomic E-state index is 8.48. The average molecular weight is 242 g/mol. The molecule has 0 aromatic heterocycles. The molecule has 1 N–H and O–H groups in total. The van der Waals surface area contributed by atoms with Gasteiger partial charge in [-0.15, -0.1) is 0 Å². The van der Waals surface area contributed by atoms with Gasteiger partial charge in [-0.2, -0.15) is 0 Å². The minimum atomic E-state index is 0.0810. The zero-order valence-electron chi connectivity index (χ0n) is 9.32. The van der Waals surface area contributed by atoms with Crippen LogP contribution >= 0.6 is 11.6 Å². The van der Waals surface area contributed by atoms with E-state index in [2.05, 4.69) is 12.1 Å². The van der Waals surface area contributed by atoms with Gasteiger partial charge < -0.3 is 9.94 Å². The predicted molar refractivity (Wildman–Crippen MR) is 65.6 cm³/mol. The Morgan fingerprint density at radius 2 is 2.00 bits per heavy atom. The smallest absolute Gasteiger partial charge is 0.175 e. The Morgan fingerprint density at radius 1 is 1.31 bits per heavy atom. The standard InChI is InChI=1S/C12H16ClNO2/c1-2-3-4-9-16-11-7-5-10(6-8-11)12(13)14-15/h5-8,15H,2-4,9H2,1H3/b14-12-. The Labute approximate surface area is 101 Å². The second kappa shape index (κ2) is 7.12. The lowest BCUT2D eigenvalue weighted by atomic mass is 10.2. The maximum Gasteiger partial charge on any atom is 0.175 e. The number of hydrogen-bond donors (Lipinski definition) is 1. The SMILES string of the molecule is CCCCCOc1ccc(/C(Cl)=N/O)cc1. The van der Waals surface area contributed by atoms with Crippen LogP contribution in [0.4, 0.5) is 0 Å². The zero-order valence-corrected chi connectivity index (χ0v) is 10.1. The van der Waals surface area contributed by atoms with E-state index in [0.29, 0.717) is 5.56 Å². The molecule has 4 heteroatoms. The normalized spacial score (nSPS) is 11.5. The summed E-state index contributed by atoms with van der Waals surface area (Å²) in [6.07, 6.45) is 3.43. The summed E-state index contributed by atoms with van der Waals surface area (Å²) < 4.78 is 5.53. The number of halogens is 1. The molecule has 0 spiro atoms. The van der Waals surface area contributed by atoms with Crippen molar-refractivity contribution in [1.82, 2.24) is 0 Å². The summed E-state index contributed by atoms with van der Waals surface area (Å²) in [7, 11) is 0. The molecule has 16 heavy (non-hydrogen) atoms. The molecule has 0 aliphatic rings. The molecule has 0 atom stereocenters. The summed E-state index contributed by atoms with van der Waals surface area (Å²) >= 11 is 5.65. The topological polar surface area (TPSA) is 41.8 Å². The van der Waals surface area contributed by atoms with Crippen LogP contribution in [-0.2, 0) is 0 Å². The van der Waals surface area contributed by atoms with Gasteiger partial charge in [0.25, 0.3) is 0 Å². The van der Waals surface area contributed by atoms with E-state index in [0.717, 1.165) is 18.8 Å². The van der Waals surface area contributed by atoms with Gasteiger partial charge in [0.15, 0.2) is 5.17 Å². The molecule has 0 heterocycles. The van der Waals surface area contributed by atoms with Crippen molar-refractivity contribution in [1.29, 1.82) is 0 Å². The monoisotopic (exact) mass is 241 g/mol. The number of oxime groups is 1. The van der Waals surface area contributed by atoms with Gasteiger partial charge in [-0.05, 0) is 30.7 Å². The molecule has 1 aromatic carbocycles. The molecule has 0 bridgehead atoms. The highest BCUT2D eigenvalue weighted by Gasteiger charge is 2.00. The van der Waals surface area contributed by atoms with E-state index in [-0.39, 0.29) is 5.17 Å². The van der Waals surface area contributed by atoms with Crippen molar-refractivity contribution in [2.45, 2.75) is 26.2 Å². The third kappa shape index (κ3) is 4.11. The number of nitrogens with zero attached hydrogens (tertiary/aromatic N) is 1. The van der Waals surface area contributed by atoms with Crippen molar-refractivity contribution in [3.8, 4) is 5.75 Å². The van der Waals surface area contributed by atoms with Crippen molar-refractivity contribution in [3.05, 3.63) is 29.8 Å². The highest BCUT2D eigenvalue weighted by molar-refractivity contribution is 6.69. The lowest BCUT2D eigenvalue weighted by Crippen LogP contribution is -1.97. The summed E-state index contributed by atoms with van der Waals surface area (Å²) in [4.78, 5) is 0. The fourth-order valence-corrected chi connectivity index (χ4v) is 1.41. The highest BCUT2D eigenvalue weighted by atomic mass is 35.5. The number of rotatable bonds is 6.